The summed E-state index contributed by atoms with van der Waals surface area (Å²) in [7, 11) is 1.57. The Bertz CT molecular complexity index is 494. The van der Waals surface area contributed by atoms with E-state index in [-0.39, 0.29) is 6.04 Å². The van der Waals surface area contributed by atoms with E-state index in [1.807, 2.05) is 0 Å². The van der Waals surface area contributed by atoms with Crippen LogP contribution in [0.2, 0.25) is 0 Å². The summed E-state index contributed by atoms with van der Waals surface area (Å²) in [5, 5.41) is 13.7. The number of aromatic nitrogens is 1. The van der Waals surface area contributed by atoms with Crippen molar-refractivity contribution < 1.29 is 19.4 Å². The zero-order valence-electron chi connectivity index (χ0n) is 12.5. The van der Waals surface area contributed by atoms with Crippen molar-refractivity contribution in [2.24, 2.45) is 0 Å². The van der Waals surface area contributed by atoms with E-state index in [2.05, 4.69) is 10.3 Å². The number of rotatable bonds is 4. The first kappa shape index (κ1) is 15.6. The fourth-order valence-corrected chi connectivity index (χ4v) is 2.76. The summed E-state index contributed by atoms with van der Waals surface area (Å²) in [5.41, 5.74) is -0.276. The minimum absolute atomic E-state index is 0.103. The number of alkyl carbamates (subject to hydrolysis) is 1. The highest BCUT2D eigenvalue weighted by Crippen LogP contribution is 2.37. The summed E-state index contributed by atoms with van der Waals surface area (Å²) in [5.74, 6) is 0.612. The zero-order chi connectivity index (χ0) is 15.3. The standard InChI is InChI=1S/C15H22N2O4/c1-3-21-14(18)17-12-5-4-6-15(19,8-12)11-7-13(20-2)10-16-9-11/h7,9-10,12,19H,3-6,8H2,1-2H3,(H,17,18). The van der Waals surface area contributed by atoms with Crippen molar-refractivity contribution >= 4 is 6.09 Å². The van der Waals surface area contributed by atoms with Crippen molar-refractivity contribution in [1.82, 2.24) is 10.3 Å². The van der Waals surface area contributed by atoms with E-state index in [1.165, 1.54) is 0 Å². The molecule has 6 nitrogen and oxygen atoms in total. The molecule has 21 heavy (non-hydrogen) atoms. The van der Waals surface area contributed by atoms with Crippen molar-refractivity contribution in [3.8, 4) is 5.75 Å². The average molecular weight is 294 g/mol. The summed E-state index contributed by atoms with van der Waals surface area (Å²) >= 11 is 0. The van der Waals surface area contributed by atoms with Crippen molar-refractivity contribution in [1.29, 1.82) is 0 Å². The Kier molecular flexibility index (Phi) is 5.01. The van der Waals surface area contributed by atoms with E-state index >= 15 is 0 Å². The lowest BCUT2D eigenvalue weighted by molar-refractivity contribution is -0.0125. The molecule has 1 aliphatic carbocycles. The molecule has 2 atom stereocenters. The van der Waals surface area contributed by atoms with E-state index in [0.29, 0.717) is 25.2 Å². The number of aliphatic hydroxyl groups is 1. The summed E-state index contributed by atoms with van der Waals surface area (Å²) in [6.07, 6.45) is 5.56. The van der Waals surface area contributed by atoms with Gasteiger partial charge in [0.05, 0.1) is 25.5 Å². The molecule has 1 amide bonds. The van der Waals surface area contributed by atoms with E-state index in [9.17, 15) is 9.90 Å². The van der Waals surface area contributed by atoms with Crippen LogP contribution in [-0.4, -0.2) is 35.9 Å². The number of methoxy groups -OCH3 is 1. The Labute approximate surface area is 124 Å². The minimum atomic E-state index is -0.996. The lowest BCUT2D eigenvalue weighted by Gasteiger charge is -2.37. The number of carbonyl (C=O) groups excluding carboxylic acids is 1. The second-order valence-corrected chi connectivity index (χ2v) is 5.30. The smallest absolute Gasteiger partial charge is 0.407 e. The van der Waals surface area contributed by atoms with Gasteiger partial charge in [0.25, 0.3) is 0 Å². The molecule has 2 rings (SSSR count). The molecule has 1 fully saturated rings. The number of nitrogens with zero attached hydrogens (tertiary/aromatic N) is 1. The van der Waals surface area contributed by atoms with E-state index < -0.39 is 11.7 Å². The van der Waals surface area contributed by atoms with Crippen molar-refractivity contribution in [2.75, 3.05) is 13.7 Å². The molecule has 1 saturated carbocycles. The summed E-state index contributed by atoms with van der Waals surface area (Å²) in [6, 6.07) is 1.69. The molecule has 2 N–H and O–H groups in total. The highest BCUT2D eigenvalue weighted by Gasteiger charge is 2.37. The van der Waals surface area contributed by atoms with Gasteiger partial charge in [0.15, 0.2) is 0 Å². The summed E-state index contributed by atoms with van der Waals surface area (Å²) in [6.45, 7) is 2.10. The van der Waals surface area contributed by atoms with Crippen LogP contribution < -0.4 is 10.1 Å². The molecular weight excluding hydrogens is 272 g/mol. The van der Waals surface area contributed by atoms with Gasteiger partial charge in [-0.3, -0.25) is 4.98 Å². The number of carbonyl (C=O) groups is 1. The third-order valence-corrected chi connectivity index (χ3v) is 3.81. The Morgan fingerprint density at radius 3 is 3.10 bits per heavy atom. The Morgan fingerprint density at radius 2 is 2.38 bits per heavy atom. The van der Waals surface area contributed by atoms with Gasteiger partial charge in [-0.25, -0.2) is 4.79 Å². The predicted octanol–water partition coefficient (Wildman–Crippen LogP) is 1.97. The van der Waals surface area contributed by atoms with Gasteiger partial charge >= 0.3 is 6.09 Å². The van der Waals surface area contributed by atoms with Crippen LogP contribution in [-0.2, 0) is 10.3 Å². The van der Waals surface area contributed by atoms with Gasteiger partial charge in [0.2, 0.25) is 0 Å². The number of pyridine rings is 1. The number of hydrogen-bond acceptors (Lipinski definition) is 5. The normalized spacial score (nSPS) is 25.2. The van der Waals surface area contributed by atoms with Crippen LogP contribution in [0.15, 0.2) is 18.5 Å². The highest BCUT2D eigenvalue weighted by molar-refractivity contribution is 5.67. The molecule has 1 aliphatic rings. The monoisotopic (exact) mass is 294 g/mol. The first-order valence-electron chi connectivity index (χ1n) is 7.22. The highest BCUT2D eigenvalue weighted by atomic mass is 16.5. The molecule has 1 heterocycles. The second kappa shape index (κ2) is 6.76. The molecule has 0 aliphatic heterocycles. The summed E-state index contributed by atoms with van der Waals surface area (Å²) in [4.78, 5) is 15.6. The lowest BCUT2D eigenvalue weighted by Crippen LogP contribution is -2.44. The molecular formula is C15H22N2O4. The molecule has 116 valence electrons. The van der Waals surface area contributed by atoms with Gasteiger partial charge in [-0.15, -0.1) is 0 Å². The second-order valence-electron chi connectivity index (χ2n) is 5.30. The number of amides is 1. The Hall–Kier alpha value is -1.82. The van der Waals surface area contributed by atoms with Crippen LogP contribution in [0.1, 0.15) is 38.2 Å². The first-order chi connectivity index (χ1) is 10.1. The molecule has 0 radical (unpaired) electrons. The zero-order valence-corrected chi connectivity index (χ0v) is 12.5. The fraction of sp³-hybridized carbons (Fsp3) is 0.600. The van der Waals surface area contributed by atoms with Crippen LogP contribution in [0.4, 0.5) is 4.79 Å². The fourth-order valence-electron chi connectivity index (χ4n) is 2.76. The van der Waals surface area contributed by atoms with Gasteiger partial charge in [-0.1, -0.05) is 0 Å². The quantitative estimate of drug-likeness (QED) is 0.887. The van der Waals surface area contributed by atoms with E-state index in [1.54, 1.807) is 32.5 Å². The predicted molar refractivity (Wildman–Crippen MR) is 77.1 cm³/mol. The van der Waals surface area contributed by atoms with Gasteiger partial charge in [0, 0.05) is 24.2 Å². The summed E-state index contributed by atoms with van der Waals surface area (Å²) < 4.78 is 10.0. The number of nitrogens with one attached hydrogen (secondary N) is 1. The maximum atomic E-state index is 11.5. The van der Waals surface area contributed by atoms with Crippen molar-refractivity contribution in [3.05, 3.63) is 24.0 Å². The topological polar surface area (TPSA) is 80.7 Å². The SMILES string of the molecule is CCOC(=O)NC1CCCC(O)(c2cncc(OC)c2)C1. The van der Waals surface area contributed by atoms with Gasteiger partial charge in [-0.05, 0) is 32.3 Å². The van der Waals surface area contributed by atoms with Crippen LogP contribution in [0, 0.1) is 0 Å². The maximum absolute atomic E-state index is 11.5. The third kappa shape index (κ3) is 3.85. The Balaban J connectivity index is 2.08. The largest absolute Gasteiger partial charge is 0.495 e. The molecule has 0 spiro atoms. The number of hydrogen-bond donors (Lipinski definition) is 2. The molecule has 6 heteroatoms. The molecule has 0 aromatic carbocycles. The van der Waals surface area contributed by atoms with Gasteiger partial charge in [0.1, 0.15) is 5.75 Å². The molecule has 0 bridgehead atoms. The molecule has 1 aromatic heterocycles. The minimum Gasteiger partial charge on any atom is -0.495 e. The molecule has 0 saturated heterocycles. The van der Waals surface area contributed by atoms with Crippen LogP contribution in [0.25, 0.3) is 0 Å². The lowest BCUT2D eigenvalue weighted by atomic mass is 9.78. The first-order valence-corrected chi connectivity index (χ1v) is 7.22. The van der Waals surface area contributed by atoms with Gasteiger partial charge < -0.3 is 19.9 Å². The third-order valence-electron chi connectivity index (χ3n) is 3.81. The number of ether oxygens (including phenoxy) is 2. The van der Waals surface area contributed by atoms with Crippen molar-refractivity contribution in [3.63, 3.8) is 0 Å². The maximum Gasteiger partial charge on any atom is 0.407 e. The van der Waals surface area contributed by atoms with Crippen LogP contribution in [0.3, 0.4) is 0 Å². The van der Waals surface area contributed by atoms with Gasteiger partial charge in [-0.2, -0.15) is 0 Å². The Morgan fingerprint density at radius 1 is 1.57 bits per heavy atom. The van der Waals surface area contributed by atoms with E-state index in [4.69, 9.17) is 9.47 Å². The van der Waals surface area contributed by atoms with Crippen molar-refractivity contribution in [2.45, 2.75) is 44.2 Å². The molecule has 1 aromatic rings. The van der Waals surface area contributed by atoms with Crippen LogP contribution in [0.5, 0.6) is 5.75 Å². The average Bonchev–Trinajstić information content (AvgIpc) is 2.47. The van der Waals surface area contributed by atoms with E-state index in [0.717, 1.165) is 18.4 Å². The molecule has 2 unspecified atom stereocenters. The van der Waals surface area contributed by atoms with Crippen LogP contribution >= 0.6 is 0 Å².